The topological polar surface area (TPSA) is 25.0 Å². The van der Waals surface area contributed by atoms with Crippen molar-refractivity contribution < 1.29 is 4.74 Å². The molecule has 0 amide bonds. The predicted octanol–water partition coefficient (Wildman–Crippen LogP) is 5.65. The zero-order valence-corrected chi connectivity index (χ0v) is 14.2. The van der Waals surface area contributed by atoms with E-state index in [4.69, 9.17) is 4.74 Å². The minimum Gasteiger partial charge on any atom is -0.497 e. The minimum atomic E-state index is 0.185. The molecule has 1 aromatic heterocycles. The van der Waals surface area contributed by atoms with Crippen LogP contribution in [-0.4, -0.2) is 12.1 Å². The first kappa shape index (κ1) is 15.4. The van der Waals surface area contributed by atoms with Crippen LogP contribution in [-0.2, 0) is 5.41 Å². The summed E-state index contributed by atoms with van der Waals surface area (Å²) in [5.41, 5.74) is 6.24. The summed E-state index contributed by atoms with van der Waals surface area (Å²) in [5, 5.41) is 0. The van der Waals surface area contributed by atoms with Crippen LogP contribution in [0.1, 0.15) is 26.3 Å². The van der Waals surface area contributed by atoms with E-state index in [0.29, 0.717) is 0 Å². The molecule has 23 heavy (non-hydrogen) atoms. The molecular weight excluding hydrogens is 282 g/mol. The molecule has 0 fully saturated rings. The highest BCUT2D eigenvalue weighted by molar-refractivity contribution is 5.71. The Kier molecular flexibility index (Phi) is 3.99. The van der Waals surface area contributed by atoms with Crippen molar-refractivity contribution >= 4 is 0 Å². The van der Waals surface area contributed by atoms with Crippen molar-refractivity contribution in [1.29, 1.82) is 0 Å². The van der Waals surface area contributed by atoms with E-state index < -0.39 is 0 Å². The molecule has 1 N–H and O–H groups in total. The van der Waals surface area contributed by atoms with Gasteiger partial charge < -0.3 is 9.72 Å². The van der Waals surface area contributed by atoms with E-state index in [1.54, 1.807) is 7.11 Å². The van der Waals surface area contributed by atoms with E-state index in [2.05, 4.69) is 74.4 Å². The van der Waals surface area contributed by atoms with Gasteiger partial charge in [-0.15, -0.1) is 0 Å². The molecule has 3 aromatic rings. The van der Waals surface area contributed by atoms with Gasteiger partial charge in [0.15, 0.2) is 0 Å². The lowest BCUT2D eigenvalue weighted by atomic mass is 9.86. The molecule has 0 saturated carbocycles. The molecule has 0 atom stereocenters. The fourth-order valence-electron chi connectivity index (χ4n) is 2.66. The Morgan fingerprint density at radius 3 is 1.96 bits per heavy atom. The number of ether oxygens (including phenoxy) is 1. The molecule has 3 rings (SSSR count). The maximum absolute atomic E-state index is 5.21. The van der Waals surface area contributed by atoms with Gasteiger partial charge in [0.05, 0.1) is 7.11 Å². The maximum atomic E-state index is 5.21. The molecule has 2 heteroatoms. The number of rotatable bonds is 3. The molecule has 0 unspecified atom stereocenters. The summed E-state index contributed by atoms with van der Waals surface area (Å²) in [7, 11) is 1.68. The lowest BCUT2D eigenvalue weighted by Crippen LogP contribution is -2.10. The highest BCUT2D eigenvalue weighted by Crippen LogP contribution is 2.29. The van der Waals surface area contributed by atoms with E-state index in [9.17, 15) is 0 Å². The molecule has 0 aliphatic rings. The minimum absolute atomic E-state index is 0.185. The van der Waals surface area contributed by atoms with Crippen LogP contribution in [0.2, 0.25) is 0 Å². The quantitative estimate of drug-likeness (QED) is 0.664. The Labute approximate surface area is 138 Å². The number of benzene rings is 2. The smallest absolute Gasteiger partial charge is 0.118 e. The normalized spacial score (nSPS) is 11.5. The highest BCUT2D eigenvalue weighted by Gasteiger charge is 2.13. The molecule has 0 radical (unpaired) electrons. The van der Waals surface area contributed by atoms with Crippen molar-refractivity contribution in [3.05, 3.63) is 66.4 Å². The van der Waals surface area contributed by atoms with Crippen LogP contribution >= 0.6 is 0 Å². The van der Waals surface area contributed by atoms with Gasteiger partial charge in [-0.3, -0.25) is 0 Å². The van der Waals surface area contributed by atoms with Crippen molar-refractivity contribution in [2.75, 3.05) is 7.11 Å². The van der Waals surface area contributed by atoms with Gasteiger partial charge in [-0.05, 0) is 58.0 Å². The molecule has 2 aromatic carbocycles. The third kappa shape index (κ3) is 3.31. The molecule has 0 saturated heterocycles. The zero-order valence-electron chi connectivity index (χ0n) is 14.2. The molecule has 0 spiro atoms. The van der Waals surface area contributed by atoms with Gasteiger partial charge in [-0.25, -0.2) is 0 Å². The second-order valence-electron chi connectivity index (χ2n) is 6.86. The van der Waals surface area contributed by atoms with Crippen molar-refractivity contribution in [2.24, 2.45) is 0 Å². The number of hydrogen-bond acceptors (Lipinski definition) is 1. The van der Waals surface area contributed by atoms with Crippen LogP contribution in [0.4, 0.5) is 0 Å². The molecular formula is C21H23NO. The Hall–Kier alpha value is -2.48. The van der Waals surface area contributed by atoms with Gasteiger partial charge in [0.2, 0.25) is 0 Å². The van der Waals surface area contributed by atoms with Gasteiger partial charge >= 0.3 is 0 Å². The number of hydrogen-bond donors (Lipinski definition) is 1. The standard InChI is InChI=1S/C21H23NO/c1-21(2,3)18-9-5-15(6-10-18)17-13-20(22-14-17)16-7-11-19(23-4)12-8-16/h5-14,22H,1-4H3. The average molecular weight is 305 g/mol. The molecule has 2 nitrogen and oxygen atoms in total. The Bertz CT molecular complexity index is 774. The van der Waals surface area contributed by atoms with Gasteiger partial charge in [0.1, 0.15) is 5.75 Å². The molecule has 0 aliphatic carbocycles. The number of nitrogens with one attached hydrogen (secondary N) is 1. The predicted molar refractivity (Wildman–Crippen MR) is 96.9 cm³/mol. The van der Waals surface area contributed by atoms with Crippen LogP contribution < -0.4 is 4.74 Å². The molecule has 0 bridgehead atoms. The van der Waals surface area contributed by atoms with Crippen LogP contribution in [0, 0.1) is 0 Å². The maximum Gasteiger partial charge on any atom is 0.118 e. The third-order valence-corrected chi connectivity index (χ3v) is 4.17. The summed E-state index contributed by atoms with van der Waals surface area (Å²) in [6.07, 6.45) is 2.06. The lowest BCUT2D eigenvalue weighted by Gasteiger charge is -2.19. The third-order valence-electron chi connectivity index (χ3n) is 4.17. The van der Waals surface area contributed by atoms with E-state index in [0.717, 1.165) is 17.0 Å². The van der Waals surface area contributed by atoms with E-state index in [-0.39, 0.29) is 5.41 Å². The van der Waals surface area contributed by atoms with Gasteiger partial charge in [-0.1, -0.05) is 45.0 Å². The summed E-state index contributed by atoms with van der Waals surface area (Å²) in [6.45, 7) is 6.71. The SMILES string of the molecule is COc1ccc(-c2cc(-c3ccc(C(C)(C)C)cc3)c[nH]2)cc1. The average Bonchev–Trinajstić information content (AvgIpc) is 3.04. The van der Waals surface area contributed by atoms with E-state index in [1.807, 2.05) is 12.1 Å². The van der Waals surface area contributed by atoms with Gasteiger partial charge in [0, 0.05) is 11.9 Å². The Balaban J connectivity index is 1.86. The number of methoxy groups -OCH3 is 1. The molecule has 1 heterocycles. The van der Waals surface area contributed by atoms with Gasteiger partial charge in [0.25, 0.3) is 0 Å². The van der Waals surface area contributed by atoms with Crippen molar-refractivity contribution in [3.8, 4) is 28.1 Å². The monoisotopic (exact) mass is 305 g/mol. The number of aromatic nitrogens is 1. The second kappa shape index (κ2) is 5.96. The number of aromatic amines is 1. The fourth-order valence-corrected chi connectivity index (χ4v) is 2.66. The van der Waals surface area contributed by atoms with Crippen molar-refractivity contribution in [1.82, 2.24) is 4.98 Å². The first-order valence-electron chi connectivity index (χ1n) is 7.91. The Morgan fingerprint density at radius 1 is 0.783 bits per heavy atom. The first-order valence-corrected chi connectivity index (χ1v) is 7.91. The summed E-state index contributed by atoms with van der Waals surface area (Å²) in [6, 6.07) is 19.1. The van der Waals surface area contributed by atoms with Crippen molar-refractivity contribution in [3.63, 3.8) is 0 Å². The Morgan fingerprint density at radius 2 is 1.39 bits per heavy atom. The largest absolute Gasteiger partial charge is 0.497 e. The zero-order chi connectivity index (χ0) is 16.4. The summed E-state index contributed by atoms with van der Waals surface area (Å²) in [4.78, 5) is 3.36. The van der Waals surface area contributed by atoms with Crippen LogP contribution in [0.25, 0.3) is 22.4 Å². The summed E-state index contributed by atoms with van der Waals surface area (Å²) < 4.78 is 5.21. The second-order valence-corrected chi connectivity index (χ2v) is 6.86. The van der Waals surface area contributed by atoms with E-state index >= 15 is 0 Å². The van der Waals surface area contributed by atoms with Crippen LogP contribution in [0.5, 0.6) is 5.75 Å². The van der Waals surface area contributed by atoms with Crippen LogP contribution in [0.15, 0.2) is 60.8 Å². The van der Waals surface area contributed by atoms with E-state index in [1.165, 1.54) is 16.7 Å². The molecule has 118 valence electrons. The fraction of sp³-hybridized carbons (Fsp3) is 0.238. The number of H-pyrrole nitrogens is 1. The van der Waals surface area contributed by atoms with Gasteiger partial charge in [-0.2, -0.15) is 0 Å². The lowest BCUT2D eigenvalue weighted by molar-refractivity contribution is 0.415. The summed E-state index contributed by atoms with van der Waals surface area (Å²) >= 11 is 0. The van der Waals surface area contributed by atoms with Crippen molar-refractivity contribution in [2.45, 2.75) is 26.2 Å². The van der Waals surface area contributed by atoms with Crippen LogP contribution in [0.3, 0.4) is 0 Å². The highest BCUT2D eigenvalue weighted by atomic mass is 16.5. The first-order chi connectivity index (χ1) is 11.0. The summed E-state index contributed by atoms with van der Waals surface area (Å²) in [5.74, 6) is 0.873. The molecule has 0 aliphatic heterocycles.